The van der Waals surface area contributed by atoms with Crippen LogP contribution in [0.25, 0.3) is 0 Å². The number of likely N-dealkylation sites (tertiary alicyclic amines) is 2. The standard InChI is InChI=1S/C22H29N5O2/c1-16-12-23-26(13-16)14-17-3-5-18(6-4-17)22(29)24-19-11-21(28)27(15-19)20-7-9-25(2)10-8-20/h3-6,12-13,19-20H,7-11,14-15H2,1-2H3,(H,24,29). The molecule has 4 rings (SSSR count). The molecular weight excluding hydrogens is 366 g/mol. The van der Waals surface area contributed by atoms with Crippen molar-refractivity contribution in [1.82, 2.24) is 24.9 Å². The van der Waals surface area contributed by atoms with Gasteiger partial charge < -0.3 is 15.1 Å². The molecule has 0 spiro atoms. The summed E-state index contributed by atoms with van der Waals surface area (Å²) in [5, 5.41) is 7.34. The number of aromatic nitrogens is 2. The summed E-state index contributed by atoms with van der Waals surface area (Å²) in [5.41, 5.74) is 2.84. The molecule has 7 nitrogen and oxygen atoms in total. The Morgan fingerprint density at radius 3 is 2.59 bits per heavy atom. The van der Waals surface area contributed by atoms with Crippen molar-refractivity contribution in [2.45, 2.75) is 44.8 Å². The Kier molecular flexibility index (Phi) is 5.67. The van der Waals surface area contributed by atoms with E-state index in [9.17, 15) is 9.59 Å². The Balaban J connectivity index is 1.31. The van der Waals surface area contributed by atoms with Crippen LogP contribution in [0.5, 0.6) is 0 Å². The van der Waals surface area contributed by atoms with Gasteiger partial charge in [0.25, 0.3) is 5.91 Å². The van der Waals surface area contributed by atoms with Gasteiger partial charge >= 0.3 is 0 Å². The van der Waals surface area contributed by atoms with Crippen LogP contribution in [0.4, 0.5) is 0 Å². The van der Waals surface area contributed by atoms with E-state index in [1.54, 1.807) is 0 Å². The van der Waals surface area contributed by atoms with Gasteiger partial charge in [-0.3, -0.25) is 14.3 Å². The normalized spacial score (nSPS) is 21.0. The van der Waals surface area contributed by atoms with E-state index < -0.39 is 0 Å². The summed E-state index contributed by atoms with van der Waals surface area (Å²) >= 11 is 0. The third-order valence-corrected chi connectivity index (χ3v) is 5.95. The second kappa shape index (κ2) is 8.37. The lowest BCUT2D eigenvalue weighted by Gasteiger charge is -2.35. The lowest BCUT2D eigenvalue weighted by molar-refractivity contribution is -0.130. The van der Waals surface area contributed by atoms with Crippen molar-refractivity contribution < 1.29 is 9.59 Å². The van der Waals surface area contributed by atoms with E-state index in [1.165, 1.54) is 0 Å². The van der Waals surface area contributed by atoms with E-state index in [0.29, 0.717) is 31.1 Å². The van der Waals surface area contributed by atoms with Crippen LogP contribution in [0.3, 0.4) is 0 Å². The number of hydrogen-bond donors (Lipinski definition) is 1. The second-order valence-electron chi connectivity index (χ2n) is 8.37. The van der Waals surface area contributed by atoms with Gasteiger partial charge in [0.15, 0.2) is 0 Å². The molecule has 154 valence electrons. The smallest absolute Gasteiger partial charge is 0.251 e. The third kappa shape index (κ3) is 4.67. The minimum Gasteiger partial charge on any atom is -0.347 e. The number of carbonyl (C=O) groups excluding carboxylic acids is 2. The van der Waals surface area contributed by atoms with Crippen LogP contribution in [-0.2, 0) is 11.3 Å². The predicted octanol–water partition coefficient (Wildman–Crippen LogP) is 1.66. The molecule has 1 atom stereocenters. The van der Waals surface area contributed by atoms with Crippen LogP contribution < -0.4 is 5.32 Å². The lowest BCUT2D eigenvalue weighted by Crippen LogP contribution is -2.45. The molecule has 1 aromatic heterocycles. The number of rotatable bonds is 5. The monoisotopic (exact) mass is 395 g/mol. The van der Waals surface area contributed by atoms with Gasteiger partial charge in [-0.1, -0.05) is 12.1 Å². The Morgan fingerprint density at radius 1 is 1.21 bits per heavy atom. The number of carbonyl (C=O) groups is 2. The fourth-order valence-corrected chi connectivity index (χ4v) is 4.26. The first-order valence-electron chi connectivity index (χ1n) is 10.3. The largest absolute Gasteiger partial charge is 0.347 e. The van der Waals surface area contributed by atoms with Crippen molar-refractivity contribution in [3.05, 3.63) is 53.3 Å². The van der Waals surface area contributed by atoms with Gasteiger partial charge in [-0.25, -0.2) is 0 Å². The summed E-state index contributed by atoms with van der Waals surface area (Å²) in [6, 6.07) is 7.79. The maximum Gasteiger partial charge on any atom is 0.251 e. The van der Waals surface area contributed by atoms with Crippen LogP contribution >= 0.6 is 0 Å². The van der Waals surface area contributed by atoms with Crippen molar-refractivity contribution in [3.8, 4) is 0 Å². The van der Waals surface area contributed by atoms with E-state index in [2.05, 4.69) is 22.4 Å². The van der Waals surface area contributed by atoms with E-state index in [4.69, 9.17) is 0 Å². The quantitative estimate of drug-likeness (QED) is 0.836. The van der Waals surface area contributed by atoms with Crippen LogP contribution in [-0.4, -0.2) is 70.2 Å². The molecule has 0 radical (unpaired) electrons. The van der Waals surface area contributed by atoms with Gasteiger partial charge in [0, 0.05) is 30.8 Å². The molecule has 0 saturated carbocycles. The maximum atomic E-state index is 12.6. The molecule has 2 fully saturated rings. The molecule has 7 heteroatoms. The van der Waals surface area contributed by atoms with Crippen molar-refractivity contribution >= 4 is 11.8 Å². The van der Waals surface area contributed by atoms with Crippen LogP contribution in [0.15, 0.2) is 36.7 Å². The third-order valence-electron chi connectivity index (χ3n) is 5.95. The van der Waals surface area contributed by atoms with Gasteiger partial charge in [-0.05, 0) is 63.2 Å². The molecule has 1 unspecified atom stereocenters. The first-order chi connectivity index (χ1) is 14.0. The summed E-state index contributed by atoms with van der Waals surface area (Å²) in [6.07, 6.45) is 6.25. The number of nitrogens with one attached hydrogen (secondary N) is 1. The topological polar surface area (TPSA) is 70.5 Å². The number of hydrogen-bond acceptors (Lipinski definition) is 4. The Morgan fingerprint density at radius 2 is 1.93 bits per heavy atom. The molecule has 2 aromatic rings. The number of benzene rings is 1. The summed E-state index contributed by atoms with van der Waals surface area (Å²) in [4.78, 5) is 29.4. The predicted molar refractivity (Wildman–Crippen MR) is 111 cm³/mol. The van der Waals surface area contributed by atoms with E-state index in [0.717, 1.165) is 37.1 Å². The molecule has 2 saturated heterocycles. The van der Waals surface area contributed by atoms with Gasteiger partial charge in [0.2, 0.25) is 5.91 Å². The fourth-order valence-electron chi connectivity index (χ4n) is 4.26. The fraction of sp³-hybridized carbons (Fsp3) is 0.500. The molecule has 1 aromatic carbocycles. The zero-order valence-electron chi connectivity index (χ0n) is 17.2. The minimum absolute atomic E-state index is 0.110. The van der Waals surface area contributed by atoms with Crippen LogP contribution in [0.2, 0.25) is 0 Å². The molecule has 0 aliphatic carbocycles. The summed E-state index contributed by atoms with van der Waals surface area (Å²) in [5.74, 6) is 0.0456. The molecule has 3 heterocycles. The first kappa shape index (κ1) is 19.6. The number of piperidine rings is 1. The summed E-state index contributed by atoms with van der Waals surface area (Å²) in [6.45, 7) is 5.36. The second-order valence-corrected chi connectivity index (χ2v) is 8.37. The molecular formula is C22H29N5O2. The van der Waals surface area contributed by atoms with Gasteiger partial charge in [0.05, 0.1) is 18.8 Å². The van der Waals surface area contributed by atoms with Crippen LogP contribution in [0.1, 0.15) is 40.7 Å². The number of amides is 2. The van der Waals surface area contributed by atoms with Crippen molar-refractivity contribution in [1.29, 1.82) is 0 Å². The van der Waals surface area contributed by atoms with Gasteiger partial charge in [0.1, 0.15) is 0 Å². The molecule has 2 aliphatic heterocycles. The van der Waals surface area contributed by atoms with E-state index in [-0.39, 0.29) is 17.9 Å². The molecule has 29 heavy (non-hydrogen) atoms. The minimum atomic E-state index is -0.116. The number of nitrogens with zero attached hydrogens (tertiary/aromatic N) is 4. The Bertz CT molecular complexity index is 868. The zero-order valence-corrected chi connectivity index (χ0v) is 17.2. The first-order valence-corrected chi connectivity index (χ1v) is 10.3. The average Bonchev–Trinajstić information content (AvgIpc) is 3.28. The van der Waals surface area contributed by atoms with Gasteiger partial charge in [-0.2, -0.15) is 5.10 Å². The molecule has 0 bridgehead atoms. The van der Waals surface area contributed by atoms with Crippen molar-refractivity contribution in [2.75, 3.05) is 26.7 Å². The van der Waals surface area contributed by atoms with Crippen molar-refractivity contribution in [3.63, 3.8) is 0 Å². The van der Waals surface area contributed by atoms with E-state index >= 15 is 0 Å². The van der Waals surface area contributed by atoms with Crippen LogP contribution in [0, 0.1) is 6.92 Å². The highest BCUT2D eigenvalue weighted by Crippen LogP contribution is 2.22. The molecule has 2 aliphatic rings. The highest BCUT2D eigenvalue weighted by Gasteiger charge is 2.36. The maximum absolute atomic E-state index is 12.6. The summed E-state index contributed by atoms with van der Waals surface area (Å²) < 4.78 is 1.88. The van der Waals surface area contributed by atoms with Gasteiger partial charge in [-0.15, -0.1) is 0 Å². The Hall–Kier alpha value is -2.67. The average molecular weight is 396 g/mol. The number of aryl methyl sites for hydroxylation is 1. The Labute approximate surface area is 171 Å². The molecule has 1 N–H and O–H groups in total. The SMILES string of the molecule is Cc1cnn(Cc2ccc(C(=O)NC3CC(=O)N(C4CCN(C)CC4)C3)cc2)c1. The zero-order chi connectivity index (χ0) is 20.4. The highest BCUT2D eigenvalue weighted by molar-refractivity contribution is 5.95. The van der Waals surface area contributed by atoms with E-state index in [1.807, 2.05) is 53.2 Å². The highest BCUT2D eigenvalue weighted by atomic mass is 16.2. The summed E-state index contributed by atoms with van der Waals surface area (Å²) in [7, 11) is 2.12. The van der Waals surface area contributed by atoms with Crippen molar-refractivity contribution in [2.24, 2.45) is 0 Å². The molecule has 2 amide bonds. The lowest BCUT2D eigenvalue weighted by atomic mass is 10.0.